The molecule has 0 unspecified atom stereocenters. The van der Waals surface area contributed by atoms with E-state index in [0.717, 1.165) is 0 Å². The van der Waals surface area contributed by atoms with Crippen LogP contribution >= 0.6 is 46.4 Å². The van der Waals surface area contributed by atoms with Crippen molar-refractivity contribution in [2.75, 3.05) is 11.1 Å². The number of rotatable bonds is 2. The molecule has 0 atom stereocenters. The second-order valence-corrected chi connectivity index (χ2v) is 5.57. The Hall–Kier alpha value is -1.13. The average Bonchev–Trinajstić information content (AvgIpc) is 2.38. The van der Waals surface area contributed by atoms with Crippen molar-refractivity contribution in [2.24, 2.45) is 0 Å². The molecule has 0 radical (unpaired) electrons. The molecule has 0 aromatic heterocycles. The quantitative estimate of drug-likeness (QED) is 0.738. The summed E-state index contributed by atoms with van der Waals surface area (Å²) in [6.45, 7) is 0. The van der Waals surface area contributed by atoms with Crippen LogP contribution in [0.15, 0.2) is 30.3 Å². The first-order valence-corrected chi connectivity index (χ1v) is 6.90. The molecule has 0 spiro atoms. The van der Waals surface area contributed by atoms with Crippen LogP contribution in [0.1, 0.15) is 10.4 Å². The number of nitrogen functional groups attached to an aromatic ring is 1. The highest BCUT2D eigenvalue weighted by atomic mass is 35.5. The Bertz CT molecular complexity index is 665. The largest absolute Gasteiger partial charge is 0.397 e. The summed E-state index contributed by atoms with van der Waals surface area (Å²) in [7, 11) is 0. The highest BCUT2D eigenvalue weighted by Gasteiger charge is 2.13. The van der Waals surface area contributed by atoms with Crippen LogP contribution in [0.2, 0.25) is 20.1 Å². The molecule has 7 heteroatoms. The van der Waals surface area contributed by atoms with Crippen LogP contribution in [0.4, 0.5) is 11.4 Å². The van der Waals surface area contributed by atoms with Crippen LogP contribution in [0.25, 0.3) is 0 Å². The summed E-state index contributed by atoms with van der Waals surface area (Å²) in [6, 6.07) is 7.62. The molecule has 3 nitrogen and oxygen atoms in total. The Morgan fingerprint density at radius 2 is 1.70 bits per heavy atom. The van der Waals surface area contributed by atoms with Gasteiger partial charge in [-0.25, -0.2) is 0 Å². The van der Waals surface area contributed by atoms with E-state index in [1.807, 2.05) is 0 Å². The van der Waals surface area contributed by atoms with Crippen LogP contribution in [0.3, 0.4) is 0 Å². The molecule has 1 amide bonds. The predicted molar refractivity (Wildman–Crippen MR) is 85.3 cm³/mol. The van der Waals surface area contributed by atoms with Gasteiger partial charge in [0.1, 0.15) is 0 Å². The van der Waals surface area contributed by atoms with Gasteiger partial charge in [-0.15, -0.1) is 0 Å². The van der Waals surface area contributed by atoms with Crippen molar-refractivity contribution in [1.29, 1.82) is 0 Å². The summed E-state index contributed by atoms with van der Waals surface area (Å²) < 4.78 is 0. The molecule has 0 aliphatic rings. The van der Waals surface area contributed by atoms with Gasteiger partial charge >= 0.3 is 0 Å². The van der Waals surface area contributed by atoms with Crippen LogP contribution < -0.4 is 11.1 Å². The molecule has 2 aromatic carbocycles. The maximum absolute atomic E-state index is 12.1. The van der Waals surface area contributed by atoms with Crippen LogP contribution in [-0.2, 0) is 0 Å². The molecule has 0 saturated heterocycles. The fraction of sp³-hybridized carbons (Fsp3) is 0. The zero-order valence-electron chi connectivity index (χ0n) is 9.88. The number of nitrogens with two attached hydrogens (primary N) is 1. The number of benzene rings is 2. The second kappa shape index (κ2) is 6.10. The van der Waals surface area contributed by atoms with Gasteiger partial charge in [0.2, 0.25) is 0 Å². The van der Waals surface area contributed by atoms with Gasteiger partial charge in [0.25, 0.3) is 5.91 Å². The molecule has 0 heterocycles. The highest BCUT2D eigenvalue weighted by molar-refractivity contribution is 6.44. The molecule has 0 aliphatic carbocycles. The fourth-order valence-corrected chi connectivity index (χ4v) is 2.32. The van der Waals surface area contributed by atoms with Gasteiger partial charge in [0.15, 0.2) is 0 Å². The monoisotopic (exact) mass is 348 g/mol. The molecule has 0 fully saturated rings. The first kappa shape index (κ1) is 15.3. The van der Waals surface area contributed by atoms with E-state index in [-0.39, 0.29) is 21.3 Å². The predicted octanol–water partition coefficient (Wildman–Crippen LogP) is 5.13. The molecule has 3 N–H and O–H groups in total. The summed E-state index contributed by atoms with van der Waals surface area (Å²) in [5.74, 6) is -0.403. The van der Waals surface area contributed by atoms with E-state index in [2.05, 4.69) is 5.32 Å². The molecule has 2 rings (SSSR count). The highest BCUT2D eigenvalue weighted by Crippen LogP contribution is 2.30. The normalized spacial score (nSPS) is 10.4. The van der Waals surface area contributed by atoms with E-state index < -0.39 is 5.91 Å². The maximum Gasteiger partial charge on any atom is 0.255 e. The third-order valence-electron chi connectivity index (χ3n) is 2.50. The number of anilines is 2. The maximum atomic E-state index is 12.1. The third kappa shape index (κ3) is 3.30. The van der Waals surface area contributed by atoms with Gasteiger partial charge in [-0.3, -0.25) is 4.79 Å². The Labute approximate surface area is 135 Å². The van der Waals surface area contributed by atoms with Gasteiger partial charge in [-0.2, -0.15) is 0 Å². The summed E-state index contributed by atoms with van der Waals surface area (Å²) in [5.41, 5.74) is 6.61. The van der Waals surface area contributed by atoms with Crippen LogP contribution in [0.5, 0.6) is 0 Å². The minimum atomic E-state index is -0.403. The van der Waals surface area contributed by atoms with Crippen LogP contribution in [0, 0.1) is 0 Å². The van der Waals surface area contributed by atoms with Gasteiger partial charge in [0, 0.05) is 10.6 Å². The first-order chi connectivity index (χ1) is 9.38. The number of carbonyl (C=O) groups excluding carboxylic acids is 1. The lowest BCUT2D eigenvalue weighted by Crippen LogP contribution is -2.12. The van der Waals surface area contributed by atoms with Crippen LogP contribution in [-0.4, -0.2) is 5.91 Å². The molecule has 0 bridgehead atoms. The molecule has 2 aromatic rings. The molecular formula is C13H8Cl4N2O. The molecule has 0 saturated carbocycles. The van der Waals surface area contributed by atoms with E-state index in [4.69, 9.17) is 52.1 Å². The second-order valence-electron chi connectivity index (χ2n) is 3.94. The molecular weight excluding hydrogens is 342 g/mol. The van der Waals surface area contributed by atoms with Gasteiger partial charge in [-0.1, -0.05) is 46.4 Å². The van der Waals surface area contributed by atoms with E-state index in [0.29, 0.717) is 15.7 Å². The standard InChI is InChI=1S/C13H8Cl4N2O/c14-7-1-2-11(8(15)5-7)19-13(20)6-3-9(16)12(17)10(18)4-6/h1-5H,18H2,(H,19,20). The number of halogens is 4. The first-order valence-electron chi connectivity index (χ1n) is 5.39. The fourth-order valence-electron chi connectivity index (χ4n) is 1.53. The van der Waals surface area contributed by atoms with E-state index in [1.165, 1.54) is 18.2 Å². The number of hydrogen-bond acceptors (Lipinski definition) is 2. The van der Waals surface area contributed by atoms with Gasteiger partial charge in [0.05, 0.1) is 26.4 Å². The van der Waals surface area contributed by atoms with Crippen molar-refractivity contribution >= 4 is 63.7 Å². The van der Waals surface area contributed by atoms with Crippen molar-refractivity contribution in [3.63, 3.8) is 0 Å². The van der Waals surface area contributed by atoms with Crippen molar-refractivity contribution in [1.82, 2.24) is 0 Å². The van der Waals surface area contributed by atoms with Crippen molar-refractivity contribution in [3.8, 4) is 0 Å². The van der Waals surface area contributed by atoms with Crippen molar-refractivity contribution in [2.45, 2.75) is 0 Å². The molecule has 104 valence electrons. The summed E-state index contributed by atoms with van der Waals surface area (Å²) in [4.78, 5) is 12.1. The summed E-state index contributed by atoms with van der Waals surface area (Å²) in [6.07, 6.45) is 0. The number of carbonyl (C=O) groups is 1. The summed E-state index contributed by atoms with van der Waals surface area (Å²) in [5, 5.41) is 3.87. The minimum absolute atomic E-state index is 0.207. The Kier molecular flexibility index (Phi) is 4.66. The van der Waals surface area contributed by atoms with E-state index in [1.54, 1.807) is 12.1 Å². The Morgan fingerprint density at radius 1 is 1.00 bits per heavy atom. The third-order valence-corrected chi connectivity index (χ3v) is 3.86. The average molecular weight is 350 g/mol. The van der Waals surface area contributed by atoms with Gasteiger partial charge < -0.3 is 11.1 Å². The minimum Gasteiger partial charge on any atom is -0.397 e. The van der Waals surface area contributed by atoms with E-state index in [9.17, 15) is 4.79 Å². The molecule has 20 heavy (non-hydrogen) atoms. The van der Waals surface area contributed by atoms with Crippen molar-refractivity contribution in [3.05, 3.63) is 56.0 Å². The summed E-state index contributed by atoms with van der Waals surface area (Å²) >= 11 is 23.5. The smallest absolute Gasteiger partial charge is 0.255 e. The SMILES string of the molecule is Nc1cc(C(=O)Nc2ccc(Cl)cc2Cl)cc(Cl)c1Cl. The number of amides is 1. The number of hydrogen-bond donors (Lipinski definition) is 2. The zero-order chi connectivity index (χ0) is 14.9. The Balaban J connectivity index is 2.28. The lowest BCUT2D eigenvalue weighted by atomic mass is 10.2. The Morgan fingerprint density at radius 3 is 2.30 bits per heavy atom. The van der Waals surface area contributed by atoms with Crippen molar-refractivity contribution < 1.29 is 4.79 Å². The lowest BCUT2D eigenvalue weighted by Gasteiger charge is -2.09. The van der Waals surface area contributed by atoms with Gasteiger partial charge in [-0.05, 0) is 30.3 Å². The zero-order valence-corrected chi connectivity index (χ0v) is 12.9. The topological polar surface area (TPSA) is 55.1 Å². The lowest BCUT2D eigenvalue weighted by molar-refractivity contribution is 0.102. The van der Waals surface area contributed by atoms with E-state index >= 15 is 0 Å². The number of nitrogens with one attached hydrogen (secondary N) is 1. The molecule has 0 aliphatic heterocycles.